The van der Waals surface area contributed by atoms with E-state index in [1.54, 1.807) is 24.3 Å². The van der Waals surface area contributed by atoms with Gasteiger partial charge in [0.25, 0.3) is 0 Å². The van der Waals surface area contributed by atoms with Crippen molar-refractivity contribution in [1.29, 1.82) is 0 Å². The summed E-state index contributed by atoms with van der Waals surface area (Å²) in [6, 6.07) is 47.2. The number of alkyl carbamates (subject to hydrolysis) is 1. The van der Waals surface area contributed by atoms with Gasteiger partial charge in [-0.25, -0.2) is 9.59 Å². The quantitative estimate of drug-likeness (QED) is 0.129. The minimum absolute atomic E-state index is 0.0536. The molecule has 7 rings (SSSR count). The predicted octanol–water partition coefficient (Wildman–Crippen LogP) is 7.87. The highest BCUT2D eigenvalue weighted by Gasteiger charge is 2.30. The summed E-state index contributed by atoms with van der Waals surface area (Å²) in [6.45, 7) is 0.0677. The van der Waals surface area contributed by atoms with Crippen LogP contribution in [-0.2, 0) is 27.1 Å². The number of carbonyl (C=O) groups is 3. The maximum absolute atomic E-state index is 14.1. The summed E-state index contributed by atoms with van der Waals surface area (Å²) < 4.78 is 11.5. The van der Waals surface area contributed by atoms with Crippen LogP contribution in [0.3, 0.4) is 0 Å². The van der Waals surface area contributed by atoms with Crippen LogP contribution in [0.1, 0.15) is 38.5 Å². The standard InChI is InChI=1S/C44H38N2O5/c47-42(45-35(26-30-13-3-1-4-14-30)28-50-43(48)33-16-5-2-6-17-33)41(27-31-23-24-32-15-7-8-18-34(32)25-31)46-44(49)51-29-40-38-21-11-9-19-36(38)37-20-10-12-22-39(37)40/h1-25,35,40-41H,26-29H2,(H,45,47)(H,46,49)/t35-,41-/m0/s1. The lowest BCUT2D eigenvalue weighted by Crippen LogP contribution is -2.52. The van der Waals surface area contributed by atoms with Gasteiger partial charge >= 0.3 is 12.1 Å². The molecule has 1 aliphatic carbocycles. The molecule has 0 aliphatic heterocycles. The minimum atomic E-state index is -0.968. The van der Waals surface area contributed by atoms with Gasteiger partial charge in [0.05, 0.1) is 11.6 Å². The van der Waals surface area contributed by atoms with Crippen LogP contribution < -0.4 is 10.6 Å². The molecule has 0 fully saturated rings. The van der Waals surface area contributed by atoms with Crippen molar-refractivity contribution in [2.45, 2.75) is 30.8 Å². The van der Waals surface area contributed by atoms with E-state index in [0.29, 0.717) is 12.0 Å². The number of rotatable bonds is 12. The fraction of sp³-hybridized carbons (Fsp3) is 0.159. The van der Waals surface area contributed by atoms with Crippen LogP contribution in [0.15, 0.2) is 152 Å². The molecule has 254 valence electrons. The lowest BCUT2D eigenvalue weighted by Gasteiger charge is -2.24. The lowest BCUT2D eigenvalue weighted by molar-refractivity contribution is -0.124. The van der Waals surface area contributed by atoms with E-state index in [0.717, 1.165) is 44.2 Å². The molecule has 51 heavy (non-hydrogen) atoms. The minimum Gasteiger partial charge on any atom is -0.460 e. The van der Waals surface area contributed by atoms with E-state index in [4.69, 9.17) is 9.47 Å². The number of nitrogens with one attached hydrogen (secondary N) is 2. The van der Waals surface area contributed by atoms with E-state index in [1.807, 2.05) is 103 Å². The van der Waals surface area contributed by atoms with E-state index in [2.05, 4.69) is 34.9 Å². The smallest absolute Gasteiger partial charge is 0.407 e. The van der Waals surface area contributed by atoms with E-state index >= 15 is 0 Å². The molecule has 0 heterocycles. The first-order valence-corrected chi connectivity index (χ1v) is 17.2. The molecule has 7 heteroatoms. The summed E-state index contributed by atoms with van der Waals surface area (Å²) >= 11 is 0. The summed E-state index contributed by atoms with van der Waals surface area (Å²) in [5.74, 6) is -1.01. The molecule has 0 spiro atoms. The highest BCUT2D eigenvalue weighted by Crippen LogP contribution is 2.44. The van der Waals surface area contributed by atoms with E-state index in [9.17, 15) is 14.4 Å². The molecule has 0 saturated carbocycles. The highest BCUT2D eigenvalue weighted by atomic mass is 16.5. The second-order valence-electron chi connectivity index (χ2n) is 12.8. The fourth-order valence-corrected chi connectivity index (χ4v) is 6.78. The molecule has 1 aliphatic rings. The SMILES string of the molecule is O=C(N[C@@H](Cc1ccc2ccccc2c1)C(=O)N[C@H](COC(=O)c1ccccc1)Cc1ccccc1)OCC1c2ccccc2-c2ccccc21. The number of fused-ring (bicyclic) bond motifs is 4. The van der Waals surface area contributed by atoms with Crippen molar-refractivity contribution in [3.63, 3.8) is 0 Å². The molecule has 2 atom stereocenters. The molecule has 0 bridgehead atoms. The van der Waals surface area contributed by atoms with Crippen LogP contribution in [0, 0.1) is 0 Å². The van der Waals surface area contributed by atoms with Gasteiger partial charge in [-0.3, -0.25) is 4.79 Å². The normalized spacial score (nSPS) is 13.0. The second-order valence-corrected chi connectivity index (χ2v) is 12.8. The van der Waals surface area contributed by atoms with Crippen LogP contribution >= 0.6 is 0 Å². The van der Waals surface area contributed by atoms with Gasteiger partial charge in [0, 0.05) is 12.3 Å². The van der Waals surface area contributed by atoms with Crippen LogP contribution in [0.4, 0.5) is 4.79 Å². The van der Waals surface area contributed by atoms with Crippen LogP contribution in [0.2, 0.25) is 0 Å². The number of benzene rings is 6. The average Bonchev–Trinajstić information content (AvgIpc) is 3.49. The third-order valence-electron chi connectivity index (χ3n) is 9.30. The van der Waals surface area contributed by atoms with E-state index in [-0.39, 0.29) is 25.6 Å². The predicted molar refractivity (Wildman–Crippen MR) is 198 cm³/mol. The number of amides is 2. The maximum Gasteiger partial charge on any atom is 0.407 e. The van der Waals surface area contributed by atoms with Crippen molar-refractivity contribution in [1.82, 2.24) is 10.6 Å². The van der Waals surface area contributed by atoms with Crippen molar-refractivity contribution in [3.05, 3.63) is 179 Å². The van der Waals surface area contributed by atoms with Crippen LogP contribution in [0.5, 0.6) is 0 Å². The molecule has 0 unspecified atom stereocenters. The number of hydrogen-bond donors (Lipinski definition) is 2. The summed E-state index contributed by atoms with van der Waals surface area (Å²) in [5, 5.41) is 8.05. The largest absolute Gasteiger partial charge is 0.460 e. The Labute approximate surface area is 297 Å². The highest BCUT2D eigenvalue weighted by molar-refractivity contribution is 5.90. The first kappa shape index (κ1) is 33.3. The van der Waals surface area contributed by atoms with Gasteiger partial charge in [-0.05, 0) is 62.7 Å². The summed E-state index contributed by atoms with van der Waals surface area (Å²) in [6.07, 6.45) is -0.0433. The van der Waals surface area contributed by atoms with Crippen molar-refractivity contribution in [2.24, 2.45) is 0 Å². The first-order valence-electron chi connectivity index (χ1n) is 17.2. The van der Waals surface area contributed by atoms with Crippen molar-refractivity contribution in [2.75, 3.05) is 13.2 Å². The third-order valence-corrected chi connectivity index (χ3v) is 9.30. The first-order chi connectivity index (χ1) is 25.0. The Morgan fingerprint density at radius 1 is 0.569 bits per heavy atom. The molecule has 2 N–H and O–H groups in total. The Kier molecular flexibility index (Phi) is 10.2. The molecule has 0 aromatic heterocycles. The topological polar surface area (TPSA) is 93.7 Å². The Balaban J connectivity index is 1.09. The number of hydrogen-bond acceptors (Lipinski definition) is 5. The van der Waals surface area contributed by atoms with Gasteiger partial charge in [-0.15, -0.1) is 0 Å². The third kappa shape index (κ3) is 8.00. The number of esters is 1. The lowest BCUT2D eigenvalue weighted by atomic mass is 9.98. The zero-order valence-electron chi connectivity index (χ0n) is 28.0. The molecule has 6 aromatic carbocycles. The molecule has 0 radical (unpaired) electrons. The fourth-order valence-electron chi connectivity index (χ4n) is 6.78. The molecule has 2 amide bonds. The number of ether oxygens (including phenoxy) is 2. The van der Waals surface area contributed by atoms with E-state index in [1.165, 1.54) is 0 Å². The number of carbonyl (C=O) groups excluding carboxylic acids is 3. The summed E-state index contributed by atoms with van der Waals surface area (Å²) in [4.78, 5) is 40.5. The van der Waals surface area contributed by atoms with Crippen LogP contribution in [0.25, 0.3) is 21.9 Å². The second kappa shape index (κ2) is 15.6. The monoisotopic (exact) mass is 674 g/mol. The van der Waals surface area contributed by atoms with Crippen molar-refractivity contribution < 1.29 is 23.9 Å². The van der Waals surface area contributed by atoms with Gasteiger partial charge in [0.15, 0.2) is 0 Å². The average molecular weight is 675 g/mol. The van der Waals surface area contributed by atoms with Gasteiger partial charge in [-0.2, -0.15) is 0 Å². The Morgan fingerprint density at radius 3 is 1.88 bits per heavy atom. The molecule has 6 aromatic rings. The zero-order chi connectivity index (χ0) is 35.0. The maximum atomic E-state index is 14.1. The Bertz CT molecular complexity index is 2100. The van der Waals surface area contributed by atoms with Gasteiger partial charge in [-0.1, -0.05) is 140 Å². The zero-order valence-corrected chi connectivity index (χ0v) is 28.0. The van der Waals surface area contributed by atoms with Gasteiger partial charge < -0.3 is 20.1 Å². The molecular weight excluding hydrogens is 636 g/mol. The summed E-state index contributed by atoms with van der Waals surface area (Å²) in [5.41, 5.74) is 6.74. The van der Waals surface area contributed by atoms with Crippen LogP contribution in [-0.4, -0.2) is 43.3 Å². The Hall–Kier alpha value is -6.21. The van der Waals surface area contributed by atoms with Gasteiger partial charge in [0.1, 0.15) is 19.3 Å². The van der Waals surface area contributed by atoms with Crippen molar-refractivity contribution >= 4 is 28.7 Å². The molecular formula is C44H38N2O5. The molecule has 7 nitrogen and oxygen atoms in total. The Morgan fingerprint density at radius 2 is 1.18 bits per heavy atom. The molecule has 0 saturated heterocycles. The van der Waals surface area contributed by atoms with E-state index < -0.39 is 30.1 Å². The van der Waals surface area contributed by atoms with Crippen molar-refractivity contribution in [3.8, 4) is 11.1 Å². The van der Waals surface area contributed by atoms with Gasteiger partial charge in [0.2, 0.25) is 5.91 Å². The summed E-state index contributed by atoms with van der Waals surface area (Å²) in [7, 11) is 0.